The minimum absolute atomic E-state index is 0.413. The second-order valence-electron chi connectivity index (χ2n) is 4.50. The topological polar surface area (TPSA) is 16.1 Å². The van der Waals surface area contributed by atoms with Crippen molar-refractivity contribution in [2.75, 3.05) is 11.9 Å². The molecule has 3 heteroatoms. The van der Waals surface area contributed by atoms with Crippen LogP contribution >= 0.6 is 11.6 Å². The highest BCUT2D eigenvalue weighted by Gasteiger charge is 2.11. The fraction of sp³-hybridized carbons (Fsp3) is 0.357. The minimum atomic E-state index is 0.413. The smallest absolute Gasteiger partial charge is 0.136 e. The molecule has 0 saturated heterocycles. The van der Waals surface area contributed by atoms with Crippen molar-refractivity contribution >= 4 is 28.2 Å². The van der Waals surface area contributed by atoms with E-state index in [9.17, 15) is 0 Å². The predicted molar refractivity (Wildman–Crippen MR) is 74.8 cm³/mol. The van der Waals surface area contributed by atoms with E-state index in [1.54, 1.807) is 0 Å². The van der Waals surface area contributed by atoms with Crippen molar-refractivity contribution < 1.29 is 0 Å². The van der Waals surface area contributed by atoms with Crippen molar-refractivity contribution in [3.63, 3.8) is 0 Å². The summed E-state index contributed by atoms with van der Waals surface area (Å²) in [6.07, 6.45) is 0. The number of hydrogen-bond acceptors (Lipinski definition) is 2. The molecule has 2 rings (SSSR count). The summed E-state index contributed by atoms with van der Waals surface area (Å²) in [5.41, 5.74) is 0.924. The highest BCUT2D eigenvalue weighted by molar-refractivity contribution is 6.17. The number of benzene rings is 1. The Bertz CT molecular complexity index is 523. The molecule has 0 saturated carbocycles. The van der Waals surface area contributed by atoms with E-state index in [-0.39, 0.29) is 0 Å². The van der Waals surface area contributed by atoms with Crippen LogP contribution < -0.4 is 4.90 Å². The number of anilines is 1. The lowest BCUT2D eigenvalue weighted by Crippen LogP contribution is -2.27. The Hall–Kier alpha value is -1.28. The Labute approximate surface area is 107 Å². The third-order valence-electron chi connectivity index (χ3n) is 3.02. The van der Waals surface area contributed by atoms with Gasteiger partial charge in [0.05, 0.1) is 11.6 Å². The van der Waals surface area contributed by atoms with Gasteiger partial charge in [0.15, 0.2) is 0 Å². The normalized spacial score (nSPS) is 11.1. The van der Waals surface area contributed by atoms with E-state index in [0.29, 0.717) is 11.9 Å². The first kappa shape index (κ1) is 12.2. The molecule has 0 spiro atoms. The van der Waals surface area contributed by atoms with Crippen molar-refractivity contribution in [2.24, 2.45) is 0 Å². The number of alkyl halides is 1. The van der Waals surface area contributed by atoms with Crippen LogP contribution in [0.15, 0.2) is 30.3 Å². The van der Waals surface area contributed by atoms with Crippen LogP contribution in [0.3, 0.4) is 0 Å². The molecular weight excluding hydrogens is 232 g/mol. The van der Waals surface area contributed by atoms with E-state index in [1.807, 2.05) is 12.1 Å². The van der Waals surface area contributed by atoms with E-state index in [1.165, 1.54) is 10.8 Å². The summed E-state index contributed by atoms with van der Waals surface area (Å²) < 4.78 is 0. The largest absolute Gasteiger partial charge is 0.357 e. The molecule has 1 heterocycles. The molecule has 0 atom stereocenters. The number of nitrogens with zero attached hydrogens (tertiary/aromatic N) is 2. The molecule has 0 aliphatic heterocycles. The van der Waals surface area contributed by atoms with Crippen LogP contribution in [-0.2, 0) is 5.88 Å². The Morgan fingerprint density at radius 2 is 2.00 bits per heavy atom. The number of aromatic nitrogens is 1. The van der Waals surface area contributed by atoms with Gasteiger partial charge in [-0.05, 0) is 25.3 Å². The highest BCUT2D eigenvalue weighted by Crippen LogP contribution is 2.26. The van der Waals surface area contributed by atoms with E-state index in [4.69, 9.17) is 11.6 Å². The van der Waals surface area contributed by atoms with Crippen molar-refractivity contribution in [3.8, 4) is 0 Å². The summed E-state index contributed by atoms with van der Waals surface area (Å²) in [6.45, 7) is 4.31. The van der Waals surface area contributed by atoms with Crippen LogP contribution in [0.5, 0.6) is 0 Å². The zero-order valence-corrected chi connectivity index (χ0v) is 11.2. The van der Waals surface area contributed by atoms with E-state index in [2.05, 4.69) is 49.0 Å². The van der Waals surface area contributed by atoms with Crippen LogP contribution in [0, 0.1) is 0 Å². The maximum atomic E-state index is 5.90. The molecular formula is C14H17ClN2. The zero-order chi connectivity index (χ0) is 12.4. The number of rotatable bonds is 3. The van der Waals surface area contributed by atoms with E-state index in [0.717, 1.165) is 11.5 Å². The van der Waals surface area contributed by atoms with Gasteiger partial charge in [-0.25, -0.2) is 4.98 Å². The molecule has 1 aromatic heterocycles. The van der Waals surface area contributed by atoms with Gasteiger partial charge in [0.1, 0.15) is 5.82 Å². The number of pyridine rings is 1. The van der Waals surface area contributed by atoms with E-state index >= 15 is 0 Å². The van der Waals surface area contributed by atoms with Crippen molar-refractivity contribution in [1.29, 1.82) is 0 Å². The van der Waals surface area contributed by atoms with Gasteiger partial charge in [-0.3, -0.25) is 0 Å². The summed E-state index contributed by atoms with van der Waals surface area (Å²) in [4.78, 5) is 6.81. The lowest BCUT2D eigenvalue weighted by Gasteiger charge is -2.24. The molecule has 0 radical (unpaired) electrons. The molecule has 0 N–H and O–H groups in total. The number of fused-ring (bicyclic) bond motifs is 1. The Kier molecular flexibility index (Phi) is 3.53. The van der Waals surface area contributed by atoms with Crippen LogP contribution in [-0.4, -0.2) is 18.1 Å². The summed E-state index contributed by atoms with van der Waals surface area (Å²) in [5.74, 6) is 1.46. The highest BCUT2D eigenvalue weighted by atomic mass is 35.5. The molecule has 17 heavy (non-hydrogen) atoms. The van der Waals surface area contributed by atoms with Gasteiger partial charge in [0.25, 0.3) is 0 Å². The fourth-order valence-electron chi connectivity index (χ4n) is 1.82. The zero-order valence-electron chi connectivity index (χ0n) is 10.4. The molecule has 1 aromatic carbocycles. The lowest BCUT2D eigenvalue weighted by molar-refractivity contribution is 0.745. The molecule has 0 bridgehead atoms. The second kappa shape index (κ2) is 4.92. The third-order valence-corrected chi connectivity index (χ3v) is 3.29. The summed E-state index contributed by atoms with van der Waals surface area (Å²) in [7, 11) is 2.07. The molecule has 0 fully saturated rings. The Balaban J connectivity index is 2.66. The van der Waals surface area contributed by atoms with Crippen molar-refractivity contribution in [1.82, 2.24) is 4.98 Å². The summed E-state index contributed by atoms with van der Waals surface area (Å²) in [6, 6.07) is 10.8. The van der Waals surface area contributed by atoms with Gasteiger partial charge in [-0.2, -0.15) is 0 Å². The quantitative estimate of drug-likeness (QED) is 0.768. The molecule has 2 aromatic rings. The summed E-state index contributed by atoms with van der Waals surface area (Å²) in [5, 5.41) is 2.37. The molecule has 0 aliphatic rings. The van der Waals surface area contributed by atoms with Crippen LogP contribution in [0.1, 0.15) is 19.5 Å². The van der Waals surface area contributed by atoms with Gasteiger partial charge in [0.2, 0.25) is 0 Å². The van der Waals surface area contributed by atoms with Gasteiger partial charge in [-0.15, -0.1) is 11.6 Å². The molecule has 2 nitrogen and oxygen atoms in total. The average Bonchev–Trinajstić information content (AvgIpc) is 2.36. The first-order valence-corrected chi connectivity index (χ1v) is 6.34. The molecule has 0 amide bonds. The molecule has 90 valence electrons. The van der Waals surface area contributed by atoms with E-state index < -0.39 is 0 Å². The van der Waals surface area contributed by atoms with Gasteiger partial charge < -0.3 is 4.90 Å². The fourth-order valence-corrected chi connectivity index (χ4v) is 1.95. The van der Waals surface area contributed by atoms with Crippen molar-refractivity contribution in [2.45, 2.75) is 25.8 Å². The first-order valence-electron chi connectivity index (χ1n) is 5.81. The van der Waals surface area contributed by atoms with Gasteiger partial charge in [0, 0.05) is 18.5 Å². The second-order valence-corrected chi connectivity index (χ2v) is 4.76. The van der Waals surface area contributed by atoms with Crippen LogP contribution in [0.25, 0.3) is 10.8 Å². The maximum Gasteiger partial charge on any atom is 0.136 e. The van der Waals surface area contributed by atoms with Gasteiger partial charge in [-0.1, -0.05) is 24.3 Å². The number of hydrogen-bond donors (Lipinski definition) is 0. The number of halogens is 1. The minimum Gasteiger partial charge on any atom is -0.357 e. The third kappa shape index (κ3) is 2.37. The van der Waals surface area contributed by atoms with Gasteiger partial charge >= 0.3 is 0 Å². The SMILES string of the molecule is CC(C)N(C)c1nc(CCl)cc2ccccc12. The lowest BCUT2D eigenvalue weighted by atomic mass is 10.1. The Morgan fingerprint density at radius 1 is 1.29 bits per heavy atom. The average molecular weight is 249 g/mol. The standard InChI is InChI=1S/C14H17ClN2/c1-10(2)17(3)14-13-7-5-4-6-11(13)8-12(9-15)16-14/h4-8,10H,9H2,1-3H3. The first-order chi connectivity index (χ1) is 8.13. The van der Waals surface area contributed by atoms with Crippen molar-refractivity contribution in [3.05, 3.63) is 36.0 Å². The van der Waals surface area contributed by atoms with Crippen LogP contribution in [0.4, 0.5) is 5.82 Å². The molecule has 0 unspecified atom stereocenters. The monoisotopic (exact) mass is 248 g/mol. The Morgan fingerprint density at radius 3 is 2.65 bits per heavy atom. The maximum absolute atomic E-state index is 5.90. The predicted octanol–water partition coefficient (Wildman–Crippen LogP) is 3.82. The summed E-state index contributed by atoms with van der Waals surface area (Å²) >= 11 is 5.90. The molecule has 0 aliphatic carbocycles. The van der Waals surface area contributed by atoms with Crippen LogP contribution in [0.2, 0.25) is 0 Å².